The van der Waals surface area contributed by atoms with E-state index in [1.165, 1.54) is 38.2 Å². The first-order valence-corrected chi connectivity index (χ1v) is 4.57. The van der Waals surface area contributed by atoms with Gasteiger partial charge in [-0.15, -0.1) is 0 Å². The minimum absolute atomic E-state index is 0.371. The van der Waals surface area contributed by atoms with E-state index < -0.39 is 0 Å². The van der Waals surface area contributed by atoms with Crippen molar-refractivity contribution in [3.63, 3.8) is 0 Å². The molecule has 2 bridgehead atoms. The van der Waals surface area contributed by atoms with Crippen molar-refractivity contribution in [3.8, 4) is 0 Å². The summed E-state index contributed by atoms with van der Waals surface area (Å²) in [7, 11) is 1.63. The van der Waals surface area contributed by atoms with Gasteiger partial charge in [-0.25, -0.2) is 0 Å². The summed E-state index contributed by atoms with van der Waals surface area (Å²) in [5.41, 5.74) is 1.56. The molecule has 0 spiro atoms. The Balaban J connectivity index is 2.15. The molecule has 2 rings (SSSR count). The van der Waals surface area contributed by atoms with Gasteiger partial charge in [0.15, 0.2) is 0 Å². The van der Waals surface area contributed by atoms with E-state index in [0.717, 1.165) is 0 Å². The zero-order valence-corrected chi connectivity index (χ0v) is 7.84. The Kier molecular flexibility index (Phi) is 1.83. The first-order valence-electron chi connectivity index (χ1n) is 4.57. The molecule has 3 nitrogen and oxygen atoms in total. The van der Waals surface area contributed by atoms with E-state index in [-0.39, 0.29) is 0 Å². The van der Waals surface area contributed by atoms with Crippen molar-refractivity contribution in [2.24, 2.45) is 10.6 Å². The van der Waals surface area contributed by atoms with Crippen LogP contribution in [0, 0.1) is 5.41 Å². The van der Waals surface area contributed by atoms with E-state index in [1.54, 1.807) is 7.11 Å². The third kappa shape index (κ3) is 1.04. The van der Waals surface area contributed by atoms with Gasteiger partial charge in [-0.05, 0) is 32.9 Å². The fourth-order valence-electron chi connectivity index (χ4n) is 2.44. The Bertz CT molecular complexity index is 205. The molecule has 0 amide bonds. The molecule has 0 atom stereocenters. The van der Waals surface area contributed by atoms with Crippen molar-refractivity contribution >= 4 is 5.71 Å². The molecule has 68 valence electrons. The Morgan fingerprint density at radius 1 is 1.42 bits per heavy atom. The van der Waals surface area contributed by atoms with E-state index in [4.69, 9.17) is 4.84 Å². The molecule has 2 aliphatic heterocycles. The third-order valence-corrected chi connectivity index (χ3v) is 3.34. The molecular formula is C9H16N2O. The number of fused-ring (bicyclic) bond motifs is 2. The minimum atomic E-state index is 0.371. The maximum absolute atomic E-state index is 4.83. The first kappa shape index (κ1) is 8.05. The molecule has 0 aromatic rings. The van der Waals surface area contributed by atoms with Gasteiger partial charge in [0, 0.05) is 12.0 Å². The molecule has 0 aromatic carbocycles. The zero-order valence-electron chi connectivity index (χ0n) is 7.84. The highest BCUT2D eigenvalue weighted by Crippen LogP contribution is 2.41. The van der Waals surface area contributed by atoms with E-state index in [1.807, 2.05) is 0 Å². The van der Waals surface area contributed by atoms with Gasteiger partial charge in [-0.1, -0.05) is 5.16 Å². The lowest BCUT2D eigenvalue weighted by Gasteiger charge is -2.23. The Morgan fingerprint density at radius 2 is 2.08 bits per heavy atom. The number of hydrogen-bond donors (Lipinski definition) is 0. The van der Waals surface area contributed by atoms with Crippen LogP contribution in [0.15, 0.2) is 5.16 Å². The monoisotopic (exact) mass is 168 g/mol. The van der Waals surface area contributed by atoms with Crippen LogP contribution in [0.5, 0.6) is 0 Å². The van der Waals surface area contributed by atoms with Crippen LogP contribution in [-0.2, 0) is 4.84 Å². The summed E-state index contributed by atoms with van der Waals surface area (Å²) in [6, 6.07) is 0. The van der Waals surface area contributed by atoms with Crippen LogP contribution in [-0.4, -0.2) is 37.4 Å². The van der Waals surface area contributed by atoms with Gasteiger partial charge in [-0.2, -0.15) is 0 Å². The summed E-state index contributed by atoms with van der Waals surface area (Å²) in [6.45, 7) is 5.79. The normalized spacial score (nSPS) is 40.5. The second kappa shape index (κ2) is 2.73. The SMILES string of the molecule is CO/N=C(/C)C12CCN(CC1)C2. The quantitative estimate of drug-likeness (QED) is 0.455. The molecule has 2 fully saturated rings. The number of rotatable bonds is 2. The highest BCUT2D eigenvalue weighted by atomic mass is 16.6. The third-order valence-electron chi connectivity index (χ3n) is 3.34. The molecule has 2 heterocycles. The lowest BCUT2D eigenvalue weighted by molar-refractivity contribution is 0.207. The van der Waals surface area contributed by atoms with Crippen LogP contribution in [0.4, 0.5) is 0 Å². The van der Waals surface area contributed by atoms with Crippen molar-refractivity contribution in [1.82, 2.24) is 4.90 Å². The topological polar surface area (TPSA) is 24.8 Å². The second-order valence-corrected chi connectivity index (χ2v) is 3.92. The molecule has 3 heteroatoms. The molecular weight excluding hydrogens is 152 g/mol. The largest absolute Gasteiger partial charge is 0.399 e. The summed E-state index contributed by atoms with van der Waals surface area (Å²) in [5.74, 6) is 0. The number of nitrogens with zero attached hydrogens (tertiary/aromatic N) is 2. The van der Waals surface area contributed by atoms with Crippen LogP contribution in [0.25, 0.3) is 0 Å². The standard InChI is InChI=1S/C9H16N2O/c1-8(10-12-2)9-3-5-11(7-9)6-4-9/h3-7H2,1-2H3/b10-8-. The van der Waals surface area contributed by atoms with Gasteiger partial charge in [0.2, 0.25) is 0 Å². The van der Waals surface area contributed by atoms with E-state index >= 15 is 0 Å². The van der Waals surface area contributed by atoms with Crippen molar-refractivity contribution in [2.45, 2.75) is 19.8 Å². The second-order valence-electron chi connectivity index (χ2n) is 3.92. The molecule has 2 saturated heterocycles. The average molecular weight is 168 g/mol. The lowest BCUT2D eigenvalue weighted by Crippen LogP contribution is -2.27. The summed E-state index contributed by atoms with van der Waals surface area (Å²) >= 11 is 0. The fourth-order valence-corrected chi connectivity index (χ4v) is 2.44. The predicted octanol–water partition coefficient (Wildman–Crippen LogP) is 1.10. The van der Waals surface area contributed by atoms with Crippen molar-refractivity contribution in [1.29, 1.82) is 0 Å². The molecule has 0 radical (unpaired) electrons. The summed E-state index contributed by atoms with van der Waals surface area (Å²) in [5, 5.41) is 4.07. The molecule has 0 aliphatic carbocycles. The van der Waals surface area contributed by atoms with Gasteiger partial charge in [0.05, 0.1) is 5.71 Å². The summed E-state index contributed by atoms with van der Waals surface area (Å²) < 4.78 is 0. The van der Waals surface area contributed by atoms with Gasteiger partial charge in [-0.3, -0.25) is 0 Å². The highest BCUT2D eigenvalue weighted by Gasteiger charge is 2.45. The molecule has 12 heavy (non-hydrogen) atoms. The van der Waals surface area contributed by atoms with E-state index in [2.05, 4.69) is 17.0 Å². The molecule has 0 N–H and O–H groups in total. The van der Waals surface area contributed by atoms with E-state index in [0.29, 0.717) is 5.41 Å². The molecule has 0 unspecified atom stereocenters. The predicted molar refractivity (Wildman–Crippen MR) is 48.2 cm³/mol. The van der Waals surface area contributed by atoms with Crippen LogP contribution >= 0.6 is 0 Å². The lowest BCUT2D eigenvalue weighted by atomic mass is 9.80. The maximum atomic E-state index is 4.83. The first-order chi connectivity index (χ1) is 5.77. The Hall–Kier alpha value is -0.570. The van der Waals surface area contributed by atoms with Crippen LogP contribution in [0.3, 0.4) is 0 Å². The summed E-state index contributed by atoms with van der Waals surface area (Å²) in [6.07, 6.45) is 2.54. The van der Waals surface area contributed by atoms with Gasteiger partial charge < -0.3 is 9.74 Å². The molecule has 0 saturated carbocycles. The molecule has 2 aliphatic rings. The number of oxime groups is 1. The average Bonchev–Trinajstić information content (AvgIpc) is 2.64. The Morgan fingerprint density at radius 3 is 2.50 bits per heavy atom. The number of piperidine rings is 1. The van der Waals surface area contributed by atoms with E-state index in [9.17, 15) is 0 Å². The zero-order chi connectivity index (χ0) is 8.60. The van der Waals surface area contributed by atoms with Gasteiger partial charge >= 0.3 is 0 Å². The number of hydrogen-bond acceptors (Lipinski definition) is 3. The minimum Gasteiger partial charge on any atom is -0.399 e. The van der Waals surface area contributed by atoms with Gasteiger partial charge in [0.1, 0.15) is 7.11 Å². The van der Waals surface area contributed by atoms with Crippen LogP contribution < -0.4 is 0 Å². The van der Waals surface area contributed by atoms with Crippen LogP contribution in [0.2, 0.25) is 0 Å². The van der Waals surface area contributed by atoms with Crippen molar-refractivity contribution in [3.05, 3.63) is 0 Å². The Labute approximate surface area is 73.4 Å². The molecule has 0 aromatic heterocycles. The van der Waals surface area contributed by atoms with Gasteiger partial charge in [0.25, 0.3) is 0 Å². The smallest absolute Gasteiger partial charge is 0.106 e. The summed E-state index contributed by atoms with van der Waals surface area (Å²) in [4.78, 5) is 7.34. The van der Waals surface area contributed by atoms with Crippen molar-refractivity contribution in [2.75, 3.05) is 26.7 Å². The maximum Gasteiger partial charge on any atom is 0.106 e. The highest BCUT2D eigenvalue weighted by molar-refractivity contribution is 5.88. The van der Waals surface area contributed by atoms with Crippen molar-refractivity contribution < 1.29 is 4.84 Å². The fraction of sp³-hybridized carbons (Fsp3) is 0.889. The van der Waals surface area contributed by atoms with Crippen LogP contribution in [0.1, 0.15) is 19.8 Å².